The summed E-state index contributed by atoms with van der Waals surface area (Å²) in [6, 6.07) is 14.4. The van der Waals surface area contributed by atoms with Crippen LogP contribution in [-0.4, -0.2) is 46.5 Å². The largest absolute Gasteiger partial charge is 0.396 e. The molecule has 148 valence electrons. The van der Waals surface area contributed by atoms with E-state index in [9.17, 15) is 14.7 Å². The van der Waals surface area contributed by atoms with Gasteiger partial charge in [0, 0.05) is 43.9 Å². The molecule has 0 bridgehead atoms. The van der Waals surface area contributed by atoms with Crippen molar-refractivity contribution in [3.63, 3.8) is 0 Å². The lowest BCUT2D eigenvalue weighted by atomic mass is 9.99. The first-order chi connectivity index (χ1) is 13.7. The van der Waals surface area contributed by atoms with E-state index in [2.05, 4.69) is 10.3 Å². The number of piperidine rings is 1. The maximum Gasteiger partial charge on any atom is 0.247 e. The molecule has 2 atom stereocenters. The van der Waals surface area contributed by atoms with Crippen LogP contribution < -0.4 is 5.32 Å². The Bertz CT molecular complexity index is 767. The molecule has 0 aliphatic carbocycles. The van der Waals surface area contributed by atoms with Crippen molar-refractivity contribution in [3.8, 4) is 0 Å². The van der Waals surface area contributed by atoms with E-state index in [-0.39, 0.29) is 24.3 Å². The van der Waals surface area contributed by atoms with Crippen molar-refractivity contribution in [2.75, 3.05) is 19.7 Å². The van der Waals surface area contributed by atoms with Gasteiger partial charge >= 0.3 is 0 Å². The fourth-order valence-corrected chi connectivity index (χ4v) is 3.57. The predicted octanol–water partition coefficient (Wildman–Crippen LogP) is 2.10. The maximum atomic E-state index is 13.1. The van der Waals surface area contributed by atoms with Crippen LogP contribution in [0.3, 0.4) is 0 Å². The van der Waals surface area contributed by atoms with Crippen molar-refractivity contribution in [1.82, 2.24) is 15.2 Å². The Morgan fingerprint density at radius 3 is 2.61 bits per heavy atom. The van der Waals surface area contributed by atoms with Crippen LogP contribution in [0.4, 0.5) is 0 Å². The summed E-state index contributed by atoms with van der Waals surface area (Å²) >= 11 is 0. The lowest BCUT2D eigenvalue weighted by Crippen LogP contribution is -2.46. The number of nitrogens with zero attached hydrogens (tertiary/aromatic N) is 2. The van der Waals surface area contributed by atoms with E-state index in [1.54, 1.807) is 11.1 Å². The van der Waals surface area contributed by atoms with Crippen LogP contribution in [0.2, 0.25) is 0 Å². The first kappa shape index (κ1) is 20.0. The molecular weight excluding hydrogens is 354 g/mol. The zero-order chi connectivity index (χ0) is 19.8. The van der Waals surface area contributed by atoms with Crippen LogP contribution in [0.5, 0.6) is 0 Å². The Hall–Kier alpha value is -2.73. The van der Waals surface area contributed by atoms with Gasteiger partial charge in [-0.05, 0) is 37.0 Å². The smallest absolute Gasteiger partial charge is 0.247 e. The number of pyridine rings is 1. The van der Waals surface area contributed by atoms with Crippen molar-refractivity contribution >= 4 is 11.8 Å². The highest BCUT2D eigenvalue weighted by molar-refractivity contribution is 5.89. The summed E-state index contributed by atoms with van der Waals surface area (Å²) in [6.07, 6.45) is 4.55. The van der Waals surface area contributed by atoms with Crippen LogP contribution in [0.1, 0.15) is 36.6 Å². The second-order valence-corrected chi connectivity index (χ2v) is 7.18. The standard InChI is InChI=1S/C22H27N3O3/c26-16-17(14-19-10-4-6-12-23-19)15-24-22(28)21(18-8-2-1-3-9-18)25-13-7-5-11-20(25)27/h1-4,6,8-10,12,17,21,26H,5,7,11,13-16H2,(H,24,28)/t17-,21-/m0/s1. The second-order valence-electron chi connectivity index (χ2n) is 7.18. The van der Waals surface area contributed by atoms with Gasteiger partial charge in [-0.3, -0.25) is 14.6 Å². The monoisotopic (exact) mass is 381 g/mol. The molecule has 1 saturated heterocycles. The fraction of sp³-hybridized carbons (Fsp3) is 0.409. The van der Waals surface area contributed by atoms with Gasteiger partial charge < -0.3 is 15.3 Å². The summed E-state index contributed by atoms with van der Waals surface area (Å²) in [6.45, 7) is 0.871. The molecule has 2 aromatic rings. The normalized spacial score (nSPS) is 16.5. The van der Waals surface area contributed by atoms with Gasteiger partial charge in [0.25, 0.3) is 0 Å². The van der Waals surface area contributed by atoms with Crippen molar-refractivity contribution in [2.24, 2.45) is 5.92 Å². The number of aliphatic hydroxyl groups excluding tert-OH is 1. The molecule has 6 heteroatoms. The molecule has 0 spiro atoms. The predicted molar refractivity (Wildman–Crippen MR) is 106 cm³/mol. The molecule has 1 fully saturated rings. The Balaban J connectivity index is 1.69. The number of benzene rings is 1. The molecule has 0 unspecified atom stereocenters. The Morgan fingerprint density at radius 1 is 1.14 bits per heavy atom. The minimum Gasteiger partial charge on any atom is -0.396 e. The number of rotatable bonds is 8. The highest BCUT2D eigenvalue weighted by atomic mass is 16.3. The lowest BCUT2D eigenvalue weighted by Gasteiger charge is -2.34. The third-order valence-electron chi connectivity index (χ3n) is 5.08. The van der Waals surface area contributed by atoms with E-state index in [0.29, 0.717) is 25.9 Å². The maximum absolute atomic E-state index is 13.1. The van der Waals surface area contributed by atoms with Gasteiger partial charge in [0.05, 0.1) is 0 Å². The van der Waals surface area contributed by atoms with Gasteiger partial charge in [0.2, 0.25) is 11.8 Å². The van der Waals surface area contributed by atoms with E-state index in [1.165, 1.54) is 0 Å². The van der Waals surface area contributed by atoms with Gasteiger partial charge in [-0.2, -0.15) is 0 Å². The van der Waals surface area contributed by atoms with Gasteiger partial charge in [0.1, 0.15) is 6.04 Å². The van der Waals surface area contributed by atoms with Crippen LogP contribution in [-0.2, 0) is 16.0 Å². The van der Waals surface area contributed by atoms with Gasteiger partial charge in [0.15, 0.2) is 0 Å². The molecule has 1 aliphatic rings. The molecule has 2 amide bonds. The molecule has 2 heterocycles. The average Bonchev–Trinajstić information content (AvgIpc) is 2.74. The zero-order valence-corrected chi connectivity index (χ0v) is 16.0. The molecule has 0 saturated carbocycles. The second kappa shape index (κ2) is 9.99. The number of amides is 2. The summed E-state index contributed by atoms with van der Waals surface area (Å²) in [4.78, 5) is 31.5. The van der Waals surface area contributed by atoms with Gasteiger partial charge in [-0.25, -0.2) is 0 Å². The summed E-state index contributed by atoms with van der Waals surface area (Å²) in [5, 5.41) is 12.7. The quantitative estimate of drug-likeness (QED) is 0.734. The molecular formula is C22H27N3O3. The van der Waals surface area contributed by atoms with Crippen LogP contribution in [0, 0.1) is 5.92 Å². The Kier molecular flexibility index (Phi) is 7.14. The lowest BCUT2D eigenvalue weighted by molar-refractivity contribution is -0.142. The molecule has 1 aromatic carbocycles. The minimum atomic E-state index is -0.636. The number of aliphatic hydroxyl groups is 1. The number of hydrogen-bond acceptors (Lipinski definition) is 4. The van der Waals surface area contributed by atoms with E-state index in [0.717, 1.165) is 24.1 Å². The number of hydrogen-bond donors (Lipinski definition) is 2. The van der Waals surface area contributed by atoms with Crippen LogP contribution in [0.25, 0.3) is 0 Å². The Labute approximate surface area is 165 Å². The molecule has 0 radical (unpaired) electrons. The van der Waals surface area contributed by atoms with Gasteiger partial charge in [-0.1, -0.05) is 36.4 Å². The molecule has 3 rings (SSSR count). The van der Waals surface area contributed by atoms with Crippen molar-refractivity contribution in [1.29, 1.82) is 0 Å². The molecule has 28 heavy (non-hydrogen) atoms. The molecule has 1 aromatic heterocycles. The number of aromatic nitrogens is 1. The number of likely N-dealkylation sites (tertiary alicyclic amines) is 1. The van der Waals surface area contributed by atoms with E-state index in [4.69, 9.17) is 0 Å². The van der Waals surface area contributed by atoms with Crippen molar-refractivity contribution in [3.05, 3.63) is 66.0 Å². The van der Waals surface area contributed by atoms with Gasteiger partial charge in [-0.15, -0.1) is 0 Å². The average molecular weight is 381 g/mol. The fourth-order valence-electron chi connectivity index (χ4n) is 3.57. The molecule has 1 aliphatic heterocycles. The SMILES string of the molecule is O=C(NC[C@@H](CO)Cc1ccccn1)[C@H](c1ccccc1)N1CCCCC1=O. The first-order valence-electron chi connectivity index (χ1n) is 9.82. The van der Waals surface area contributed by atoms with Crippen molar-refractivity contribution in [2.45, 2.75) is 31.7 Å². The molecule has 6 nitrogen and oxygen atoms in total. The summed E-state index contributed by atoms with van der Waals surface area (Å²) < 4.78 is 0. The third-order valence-corrected chi connectivity index (χ3v) is 5.08. The first-order valence-corrected chi connectivity index (χ1v) is 9.82. The number of carbonyl (C=O) groups excluding carboxylic acids is 2. The molecule has 2 N–H and O–H groups in total. The third kappa shape index (κ3) is 5.16. The summed E-state index contributed by atoms with van der Waals surface area (Å²) in [5.41, 5.74) is 1.68. The van der Waals surface area contributed by atoms with Crippen molar-refractivity contribution < 1.29 is 14.7 Å². The summed E-state index contributed by atoms with van der Waals surface area (Å²) in [7, 11) is 0. The Morgan fingerprint density at radius 2 is 1.93 bits per heavy atom. The highest BCUT2D eigenvalue weighted by Gasteiger charge is 2.32. The zero-order valence-electron chi connectivity index (χ0n) is 16.0. The van der Waals surface area contributed by atoms with Crippen LogP contribution >= 0.6 is 0 Å². The topological polar surface area (TPSA) is 82.5 Å². The van der Waals surface area contributed by atoms with E-state index in [1.807, 2.05) is 48.5 Å². The van der Waals surface area contributed by atoms with E-state index < -0.39 is 6.04 Å². The van der Waals surface area contributed by atoms with E-state index >= 15 is 0 Å². The minimum absolute atomic E-state index is 0.0162. The number of nitrogens with one attached hydrogen (secondary N) is 1. The summed E-state index contributed by atoms with van der Waals surface area (Å²) in [5.74, 6) is -0.323. The highest BCUT2D eigenvalue weighted by Crippen LogP contribution is 2.25. The number of carbonyl (C=O) groups is 2. The van der Waals surface area contributed by atoms with Crippen LogP contribution in [0.15, 0.2) is 54.7 Å².